The SMILES string of the molecule is Cc1ccc([C@@H](NC(=O)CCC(=O)N2CCN(S(=O)(=O)c3cc(C)ccc3C)CC2)C2CC2)cc1. The van der Waals surface area contributed by atoms with Crippen LogP contribution in [-0.2, 0) is 19.6 Å². The lowest BCUT2D eigenvalue weighted by atomic mass is 10.0. The molecule has 2 aliphatic rings. The second-order valence-electron chi connectivity index (χ2n) is 9.85. The highest BCUT2D eigenvalue weighted by molar-refractivity contribution is 7.89. The van der Waals surface area contributed by atoms with Crippen molar-refractivity contribution in [3.05, 3.63) is 64.7 Å². The first kappa shape index (κ1) is 25.4. The van der Waals surface area contributed by atoms with Gasteiger partial charge in [0.15, 0.2) is 0 Å². The summed E-state index contributed by atoms with van der Waals surface area (Å²) < 4.78 is 27.7. The van der Waals surface area contributed by atoms with Crippen LogP contribution >= 0.6 is 0 Å². The summed E-state index contributed by atoms with van der Waals surface area (Å²) in [5.74, 6) is 0.235. The second-order valence-corrected chi connectivity index (χ2v) is 11.8. The van der Waals surface area contributed by atoms with E-state index >= 15 is 0 Å². The minimum Gasteiger partial charge on any atom is -0.349 e. The van der Waals surface area contributed by atoms with Crippen molar-refractivity contribution in [1.82, 2.24) is 14.5 Å². The van der Waals surface area contributed by atoms with E-state index in [1.165, 1.54) is 9.87 Å². The van der Waals surface area contributed by atoms with Crippen LogP contribution in [0.25, 0.3) is 0 Å². The zero-order chi connectivity index (χ0) is 25.2. The highest BCUT2D eigenvalue weighted by atomic mass is 32.2. The summed E-state index contributed by atoms with van der Waals surface area (Å²) in [5, 5.41) is 3.13. The van der Waals surface area contributed by atoms with Crippen molar-refractivity contribution in [1.29, 1.82) is 0 Å². The third kappa shape index (κ3) is 6.11. The van der Waals surface area contributed by atoms with Crippen molar-refractivity contribution in [3.63, 3.8) is 0 Å². The highest BCUT2D eigenvalue weighted by Gasteiger charge is 2.34. The number of rotatable bonds is 8. The molecule has 2 aromatic rings. The maximum Gasteiger partial charge on any atom is 0.243 e. The summed E-state index contributed by atoms with van der Waals surface area (Å²) in [6.07, 6.45) is 2.47. The van der Waals surface area contributed by atoms with Crippen LogP contribution in [0.4, 0.5) is 0 Å². The summed E-state index contributed by atoms with van der Waals surface area (Å²) in [5.41, 5.74) is 3.91. The molecule has 1 saturated heterocycles. The maximum absolute atomic E-state index is 13.1. The van der Waals surface area contributed by atoms with Crippen molar-refractivity contribution in [3.8, 4) is 0 Å². The van der Waals surface area contributed by atoms with Gasteiger partial charge in [0.05, 0.1) is 10.9 Å². The molecule has 0 unspecified atom stereocenters. The average Bonchev–Trinajstić information content (AvgIpc) is 3.68. The van der Waals surface area contributed by atoms with E-state index < -0.39 is 10.0 Å². The van der Waals surface area contributed by atoms with E-state index in [2.05, 4.69) is 29.6 Å². The maximum atomic E-state index is 13.1. The third-order valence-electron chi connectivity index (χ3n) is 6.97. The first-order valence-electron chi connectivity index (χ1n) is 12.4. The Balaban J connectivity index is 1.28. The molecule has 0 bridgehead atoms. The van der Waals surface area contributed by atoms with Crippen molar-refractivity contribution in [2.24, 2.45) is 5.92 Å². The van der Waals surface area contributed by atoms with Crippen LogP contribution in [0.15, 0.2) is 47.4 Å². The fourth-order valence-corrected chi connectivity index (χ4v) is 6.33. The molecule has 4 rings (SSSR count). The molecule has 1 aliphatic heterocycles. The van der Waals surface area contributed by atoms with Gasteiger partial charge in [0.1, 0.15) is 0 Å². The number of carbonyl (C=O) groups is 2. The molecule has 0 aromatic heterocycles. The Hall–Kier alpha value is -2.71. The van der Waals surface area contributed by atoms with E-state index in [0.717, 1.165) is 29.5 Å². The predicted molar refractivity (Wildman–Crippen MR) is 135 cm³/mol. The summed E-state index contributed by atoms with van der Waals surface area (Å²) >= 11 is 0. The minimum absolute atomic E-state index is 0.00275. The summed E-state index contributed by atoms with van der Waals surface area (Å²) in [6, 6.07) is 13.7. The van der Waals surface area contributed by atoms with Crippen LogP contribution in [0.2, 0.25) is 0 Å². The lowest BCUT2D eigenvalue weighted by molar-refractivity contribution is -0.134. The molecule has 7 nitrogen and oxygen atoms in total. The lowest BCUT2D eigenvalue weighted by Crippen LogP contribution is -2.50. The number of sulfonamides is 1. The van der Waals surface area contributed by atoms with E-state index in [1.807, 2.05) is 26.0 Å². The largest absolute Gasteiger partial charge is 0.349 e. The van der Waals surface area contributed by atoms with Crippen LogP contribution in [0.5, 0.6) is 0 Å². The number of aryl methyl sites for hydroxylation is 3. The van der Waals surface area contributed by atoms with Gasteiger partial charge in [-0.3, -0.25) is 9.59 Å². The Bertz CT molecular complexity index is 1180. The molecule has 188 valence electrons. The summed E-state index contributed by atoms with van der Waals surface area (Å²) in [6.45, 7) is 6.88. The van der Waals surface area contributed by atoms with E-state index in [9.17, 15) is 18.0 Å². The predicted octanol–water partition coefficient (Wildman–Crippen LogP) is 3.49. The Labute approximate surface area is 208 Å². The van der Waals surface area contributed by atoms with E-state index in [0.29, 0.717) is 23.9 Å². The number of carbonyl (C=O) groups excluding carboxylic acids is 2. The molecular formula is C27H35N3O4S. The molecule has 2 aromatic carbocycles. The van der Waals surface area contributed by atoms with Crippen molar-refractivity contribution in [2.45, 2.75) is 57.4 Å². The van der Waals surface area contributed by atoms with Crippen LogP contribution in [0.1, 0.15) is 54.0 Å². The molecule has 2 amide bonds. The molecular weight excluding hydrogens is 462 g/mol. The molecule has 1 heterocycles. The van der Waals surface area contributed by atoms with Gasteiger partial charge in [0, 0.05) is 39.0 Å². The van der Waals surface area contributed by atoms with Gasteiger partial charge in [-0.1, -0.05) is 42.0 Å². The lowest BCUT2D eigenvalue weighted by Gasteiger charge is -2.34. The Morgan fingerprint density at radius 2 is 1.54 bits per heavy atom. The van der Waals surface area contributed by atoms with E-state index in [4.69, 9.17) is 0 Å². The number of hydrogen-bond donors (Lipinski definition) is 1. The smallest absolute Gasteiger partial charge is 0.243 e. The summed E-state index contributed by atoms with van der Waals surface area (Å²) in [7, 11) is -3.60. The number of benzene rings is 2. The van der Waals surface area contributed by atoms with Gasteiger partial charge in [-0.25, -0.2) is 8.42 Å². The molecule has 35 heavy (non-hydrogen) atoms. The molecule has 1 saturated carbocycles. The van der Waals surface area contributed by atoms with Crippen molar-refractivity contribution >= 4 is 21.8 Å². The molecule has 1 N–H and O–H groups in total. The van der Waals surface area contributed by atoms with Crippen LogP contribution in [-0.4, -0.2) is 55.6 Å². The molecule has 2 fully saturated rings. The number of nitrogens with one attached hydrogen (secondary N) is 1. The monoisotopic (exact) mass is 497 g/mol. The van der Waals surface area contributed by atoms with Gasteiger partial charge in [-0.15, -0.1) is 0 Å². The normalized spacial score (nSPS) is 17.7. The Kier molecular flexibility index (Phi) is 7.62. The van der Waals surface area contributed by atoms with Crippen LogP contribution in [0, 0.1) is 26.7 Å². The van der Waals surface area contributed by atoms with Gasteiger partial charge in [0.25, 0.3) is 0 Å². The highest BCUT2D eigenvalue weighted by Crippen LogP contribution is 2.41. The van der Waals surface area contributed by atoms with Gasteiger partial charge >= 0.3 is 0 Å². The van der Waals surface area contributed by atoms with Crippen LogP contribution < -0.4 is 5.32 Å². The van der Waals surface area contributed by atoms with Crippen molar-refractivity contribution < 1.29 is 18.0 Å². The topological polar surface area (TPSA) is 86.8 Å². The first-order chi connectivity index (χ1) is 16.6. The second kappa shape index (κ2) is 10.5. The number of hydrogen-bond acceptors (Lipinski definition) is 4. The quantitative estimate of drug-likeness (QED) is 0.605. The summed E-state index contributed by atoms with van der Waals surface area (Å²) in [4.78, 5) is 27.4. The van der Waals surface area contributed by atoms with Gasteiger partial charge in [0.2, 0.25) is 21.8 Å². The van der Waals surface area contributed by atoms with Crippen molar-refractivity contribution in [2.75, 3.05) is 26.2 Å². The zero-order valence-corrected chi connectivity index (χ0v) is 21.6. The molecule has 0 radical (unpaired) electrons. The zero-order valence-electron chi connectivity index (χ0n) is 20.8. The van der Waals surface area contributed by atoms with Gasteiger partial charge in [-0.2, -0.15) is 4.31 Å². The van der Waals surface area contributed by atoms with E-state index in [-0.39, 0.29) is 43.8 Å². The Morgan fingerprint density at radius 1 is 0.914 bits per heavy atom. The fourth-order valence-electron chi connectivity index (χ4n) is 4.60. The van der Waals surface area contributed by atoms with Gasteiger partial charge in [-0.05, 0) is 62.3 Å². The third-order valence-corrected chi connectivity index (χ3v) is 9.01. The van der Waals surface area contributed by atoms with Crippen LogP contribution in [0.3, 0.4) is 0 Å². The minimum atomic E-state index is -3.60. The van der Waals surface area contributed by atoms with Gasteiger partial charge < -0.3 is 10.2 Å². The molecule has 1 aliphatic carbocycles. The molecule has 8 heteroatoms. The molecule has 0 spiro atoms. The number of piperazine rings is 1. The first-order valence-corrected chi connectivity index (χ1v) is 13.8. The fraction of sp³-hybridized carbons (Fsp3) is 0.481. The van der Waals surface area contributed by atoms with E-state index in [1.54, 1.807) is 17.9 Å². The average molecular weight is 498 g/mol. The standard InChI is InChI=1S/C27H35N3O4S/c1-19-5-8-22(9-6-19)27(23-10-11-23)28-25(31)12-13-26(32)29-14-16-30(17-15-29)35(33,34)24-18-20(2)4-7-21(24)3/h4-9,18,23,27H,10-17H2,1-3H3,(H,28,31)/t27-/m1/s1. The Morgan fingerprint density at radius 3 is 2.17 bits per heavy atom. The molecule has 1 atom stereocenters. The number of nitrogens with zero attached hydrogens (tertiary/aromatic N) is 2. The number of amides is 2.